The minimum Gasteiger partial charge on any atom is -0.495 e. The van der Waals surface area contributed by atoms with Crippen LogP contribution in [0.3, 0.4) is 0 Å². The predicted molar refractivity (Wildman–Crippen MR) is 93.7 cm³/mol. The van der Waals surface area contributed by atoms with E-state index in [-0.39, 0.29) is 36.4 Å². The summed E-state index contributed by atoms with van der Waals surface area (Å²) >= 11 is 0. The number of anilines is 1. The lowest BCUT2D eigenvalue weighted by atomic mass is 10.2. The molecule has 0 bridgehead atoms. The first-order valence-corrected chi connectivity index (χ1v) is 7.90. The highest BCUT2D eigenvalue weighted by Gasteiger charge is 2.17. The lowest BCUT2D eigenvalue weighted by Gasteiger charge is -2.20. The molecule has 0 atom stereocenters. The number of nitro groups is 1. The molecular formula is C16H24N4O5. The first kappa shape index (κ1) is 20.4. The van der Waals surface area contributed by atoms with E-state index in [9.17, 15) is 19.7 Å². The molecule has 9 heteroatoms. The SMILES string of the molecule is CCN(CC(=O)Nc1cc([N+](=O)[O-])ccc1OC)CC(=O)NC(C)C. The van der Waals surface area contributed by atoms with Crippen molar-refractivity contribution in [1.29, 1.82) is 0 Å². The first-order valence-electron chi connectivity index (χ1n) is 7.90. The summed E-state index contributed by atoms with van der Waals surface area (Å²) in [6, 6.07) is 3.97. The Kier molecular flexibility index (Phi) is 7.80. The summed E-state index contributed by atoms with van der Waals surface area (Å²) in [6.45, 7) is 6.13. The Morgan fingerprint density at radius 3 is 2.44 bits per heavy atom. The van der Waals surface area contributed by atoms with Gasteiger partial charge in [0.15, 0.2) is 0 Å². The molecule has 0 saturated carbocycles. The Morgan fingerprint density at radius 1 is 1.28 bits per heavy atom. The zero-order valence-electron chi connectivity index (χ0n) is 14.9. The number of rotatable bonds is 9. The van der Waals surface area contributed by atoms with Crippen molar-refractivity contribution in [2.75, 3.05) is 32.1 Å². The summed E-state index contributed by atoms with van der Waals surface area (Å²) < 4.78 is 5.11. The van der Waals surface area contributed by atoms with Crippen LogP contribution in [0, 0.1) is 10.1 Å². The van der Waals surface area contributed by atoms with Crippen molar-refractivity contribution in [3.05, 3.63) is 28.3 Å². The van der Waals surface area contributed by atoms with Crippen molar-refractivity contribution in [3.63, 3.8) is 0 Å². The van der Waals surface area contributed by atoms with E-state index in [0.29, 0.717) is 12.3 Å². The molecular weight excluding hydrogens is 328 g/mol. The van der Waals surface area contributed by atoms with Gasteiger partial charge in [-0.15, -0.1) is 0 Å². The number of non-ortho nitro benzene ring substituents is 1. The monoisotopic (exact) mass is 352 g/mol. The highest BCUT2D eigenvalue weighted by Crippen LogP contribution is 2.28. The quantitative estimate of drug-likeness (QED) is 0.513. The zero-order chi connectivity index (χ0) is 19.0. The molecule has 0 aliphatic carbocycles. The van der Waals surface area contributed by atoms with E-state index in [1.807, 2.05) is 20.8 Å². The number of nitrogens with one attached hydrogen (secondary N) is 2. The molecule has 0 aliphatic heterocycles. The standard InChI is InChI=1S/C16H24N4O5/c1-5-19(9-15(21)17-11(2)3)10-16(22)18-13-8-12(20(23)24)6-7-14(13)25-4/h6-8,11H,5,9-10H2,1-4H3,(H,17,21)(H,18,22). The van der Waals surface area contributed by atoms with Gasteiger partial charge in [-0.3, -0.25) is 24.6 Å². The summed E-state index contributed by atoms with van der Waals surface area (Å²) in [5, 5.41) is 16.2. The molecule has 1 rings (SSSR count). The lowest BCUT2D eigenvalue weighted by molar-refractivity contribution is -0.384. The molecule has 0 unspecified atom stereocenters. The van der Waals surface area contributed by atoms with E-state index in [1.54, 1.807) is 4.90 Å². The summed E-state index contributed by atoms with van der Waals surface area (Å²) in [5.41, 5.74) is 0.0594. The molecule has 1 aromatic carbocycles. The number of benzene rings is 1. The first-order chi connectivity index (χ1) is 11.8. The minimum atomic E-state index is -0.552. The van der Waals surface area contributed by atoms with Gasteiger partial charge in [-0.1, -0.05) is 6.92 Å². The van der Waals surface area contributed by atoms with Crippen molar-refractivity contribution < 1.29 is 19.2 Å². The molecule has 0 aliphatic rings. The fraction of sp³-hybridized carbons (Fsp3) is 0.500. The molecule has 138 valence electrons. The Morgan fingerprint density at radius 2 is 1.92 bits per heavy atom. The van der Waals surface area contributed by atoms with Gasteiger partial charge in [-0.25, -0.2) is 0 Å². The summed E-state index contributed by atoms with van der Waals surface area (Å²) in [7, 11) is 1.41. The predicted octanol–water partition coefficient (Wildman–Crippen LogP) is 1.39. The van der Waals surface area contributed by atoms with Crippen molar-refractivity contribution in [2.45, 2.75) is 26.8 Å². The van der Waals surface area contributed by atoms with Crippen LogP contribution in [0.1, 0.15) is 20.8 Å². The van der Waals surface area contributed by atoms with E-state index in [0.717, 1.165) is 0 Å². The molecule has 0 heterocycles. The van der Waals surface area contributed by atoms with E-state index in [1.165, 1.54) is 25.3 Å². The average Bonchev–Trinajstić information content (AvgIpc) is 2.53. The van der Waals surface area contributed by atoms with Crippen LogP contribution in [-0.2, 0) is 9.59 Å². The maximum absolute atomic E-state index is 12.2. The maximum Gasteiger partial charge on any atom is 0.271 e. The number of methoxy groups -OCH3 is 1. The van der Waals surface area contributed by atoms with Crippen molar-refractivity contribution in [2.24, 2.45) is 0 Å². The van der Waals surface area contributed by atoms with Gasteiger partial charge in [0.25, 0.3) is 5.69 Å². The number of ether oxygens (including phenoxy) is 1. The topological polar surface area (TPSA) is 114 Å². The summed E-state index contributed by atoms with van der Waals surface area (Å²) in [4.78, 5) is 36.0. The van der Waals surface area contributed by atoms with Gasteiger partial charge >= 0.3 is 0 Å². The molecule has 9 nitrogen and oxygen atoms in total. The van der Waals surface area contributed by atoms with Gasteiger partial charge in [0, 0.05) is 18.2 Å². The van der Waals surface area contributed by atoms with Gasteiger partial charge in [-0.2, -0.15) is 0 Å². The second kappa shape index (κ2) is 9.58. The van der Waals surface area contributed by atoms with Gasteiger partial charge in [0.1, 0.15) is 5.75 Å². The van der Waals surface area contributed by atoms with Crippen LogP contribution in [0.2, 0.25) is 0 Å². The van der Waals surface area contributed by atoms with Crippen LogP contribution in [0.15, 0.2) is 18.2 Å². The number of likely N-dealkylation sites (N-methyl/N-ethyl adjacent to an activating group) is 1. The molecule has 0 aromatic heterocycles. The van der Waals surface area contributed by atoms with Gasteiger partial charge in [0.05, 0.1) is 30.8 Å². The molecule has 1 aromatic rings. The number of carbonyl (C=O) groups excluding carboxylic acids is 2. The second-order valence-corrected chi connectivity index (χ2v) is 5.72. The third-order valence-electron chi connectivity index (χ3n) is 3.30. The van der Waals surface area contributed by atoms with Crippen LogP contribution in [0.25, 0.3) is 0 Å². The van der Waals surface area contributed by atoms with Gasteiger partial charge in [-0.05, 0) is 26.5 Å². The molecule has 2 N–H and O–H groups in total. The van der Waals surface area contributed by atoms with Crippen molar-refractivity contribution >= 4 is 23.2 Å². The van der Waals surface area contributed by atoms with Crippen LogP contribution >= 0.6 is 0 Å². The zero-order valence-corrected chi connectivity index (χ0v) is 14.9. The third kappa shape index (κ3) is 6.76. The highest BCUT2D eigenvalue weighted by molar-refractivity contribution is 5.94. The van der Waals surface area contributed by atoms with Crippen LogP contribution in [0.5, 0.6) is 5.75 Å². The molecule has 0 fully saturated rings. The van der Waals surface area contributed by atoms with E-state index < -0.39 is 10.8 Å². The number of nitro benzene ring substituents is 1. The number of hydrogen-bond acceptors (Lipinski definition) is 6. The Balaban J connectivity index is 2.75. The van der Waals surface area contributed by atoms with Crippen molar-refractivity contribution in [3.8, 4) is 5.75 Å². The van der Waals surface area contributed by atoms with Gasteiger partial charge in [0.2, 0.25) is 11.8 Å². The maximum atomic E-state index is 12.2. The van der Waals surface area contributed by atoms with E-state index in [2.05, 4.69) is 10.6 Å². The Hall–Kier alpha value is -2.68. The molecule has 0 spiro atoms. The smallest absolute Gasteiger partial charge is 0.271 e. The highest BCUT2D eigenvalue weighted by atomic mass is 16.6. The molecule has 0 radical (unpaired) electrons. The normalized spacial score (nSPS) is 10.6. The number of hydrogen-bond donors (Lipinski definition) is 2. The average molecular weight is 352 g/mol. The minimum absolute atomic E-state index is 0.0200. The fourth-order valence-corrected chi connectivity index (χ4v) is 2.15. The van der Waals surface area contributed by atoms with Crippen LogP contribution < -0.4 is 15.4 Å². The summed E-state index contributed by atoms with van der Waals surface area (Å²) in [5.74, 6) is -0.241. The number of nitrogens with zero attached hydrogens (tertiary/aromatic N) is 2. The van der Waals surface area contributed by atoms with Gasteiger partial charge < -0.3 is 15.4 Å². The summed E-state index contributed by atoms with van der Waals surface area (Å²) in [6.07, 6.45) is 0. The fourth-order valence-electron chi connectivity index (χ4n) is 2.15. The molecule has 0 saturated heterocycles. The Labute approximate surface area is 146 Å². The van der Waals surface area contributed by atoms with E-state index >= 15 is 0 Å². The molecule has 25 heavy (non-hydrogen) atoms. The van der Waals surface area contributed by atoms with Crippen LogP contribution in [-0.4, -0.2) is 54.4 Å². The lowest BCUT2D eigenvalue weighted by Crippen LogP contribution is -2.42. The second-order valence-electron chi connectivity index (χ2n) is 5.72. The largest absolute Gasteiger partial charge is 0.495 e. The molecule has 2 amide bonds. The van der Waals surface area contributed by atoms with E-state index in [4.69, 9.17) is 4.74 Å². The van der Waals surface area contributed by atoms with Crippen LogP contribution in [0.4, 0.5) is 11.4 Å². The Bertz CT molecular complexity index is 633. The van der Waals surface area contributed by atoms with Crippen molar-refractivity contribution in [1.82, 2.24) is 10.2 Å². The number of carbonyl (C=O) groups is 2. The third-order valence-corrected chi connectivity index (χ3v) is 3.30. The number of amides is 2.